The molecule has 0 aliphatic heterocycles. The molecule has 1 aromatic carbocycles. The summed E-state index contributed by atoms with van der Waals surface area (Å²) in [7, 11) is 0. The van der Waals surface area contributed by atoms with Crippen LogP contribution >= 0.6 is 0 Å². The fourth-order valence-corrected chi connectivity index (χ4v) is 2.61. The molecule has 0 radical (unpaired) electrons. The van der Waals surface area contributed by atoms with Gasteiger partial charge >= 0.3 is 5.97 Å². The predicted octanol–water partition coefficient (Wildman–Crippen LogP) is 2.75. The maximum absolute atomic E-state index is 10.4. The lowest BCUT2D eigenvalue weighted by molar-refractivity contribution is -0.137. The van der Waals surface area contributed by atoms with Crippen molar-refractivity contribution in [2.75, 3.05) is 0 Å². The quantitative estimate of drug-likeness (QED) is 0.842. The van der Waals surface area contributed by atoms with E-state index in [0.29, 0.717) is 11.7 Å². The van der Waals surface area contributed by atoms with Crippen LogP contribution in [0.5, 0.6) is 5.75 Å². The molecule has 0 aromatic heterocycles. The lowest BCUT2D eigenvalue weighted by Gasteiger charge is -2.24. The first-order valence-corrected chi connectivity index (χ1v) is 6.17. The van der Waals surface area contributed by atoms with Crippen LogP contribution in [0.2, 0.25) is 0 Å². The fourth-order valence-electron chi connectivity index (χ4n) is 2.61. The van der Waals surface area contributed by atoms with Crippen LogP contribution in [0.25, 0.3) is 0 Å². The number of carboxylic acids is 1. The second-order valence-corrected chi connectivity index (χ2v) is 4.85. The lowest BCUT2D eigenvalue weighted by atomic mass is 9.81. The molecule has 0 heterocycles. The first-order valence-electron chi connectivity index (χ1n) is 6.17. The number of aryl methyl sites for hydroxylation is 1. The molecular formula is C14H18O3. The Balaban J connectivity index is 1.90. The van der Waals surface area contributed by atoms with Gasteiger partial charge in [0, 0.05) is 6.42 Å². The third-order valence-electron chi connectivity index (χ3n) is 3.52. The van der Waals surface area contributed by atoms with Crippen LogP contribution in [0.3, 0.4) is 0 Å². The summed E-state index contributed by atoms with van der Waals surface area (Å²) in [6.07, 6.45) is 5.17. The van der Waals surface area contributed by atoms with Crippen LogP contribution in [-0.4, -0.2) is 16.2 Å². The van der Waals surface area contributed by atoms with Crippen molar-refractivity contribution in [3.8, 4) is 5.75 Å². The molecule has 1 aromatic rings. The minimum atomic E-state index is -0.703. The summed E-state index contributed by atoms with van der Waals surface area (Å²) >= 11 is 0. The van der Waals surface area contributed by atoms with Crippen molar-refractivity contribution in [3.05, 3.63) is 29.3 Å². The van der Waals surface area contributed by atoms with E-state index in [4.69, 9.17) is 5.11 Å². The van der Waals surface area contributed by atoms with Gasteiger partial charge in [-0.25, -0.2) is 0 Å². The molecule has 0 bridgehead atoms. The Hall–Kier alpha value is -1.51. The standard InChI is InChI=1S/C14H18O3/c15-13-7-6-11-8-10(2-1-3-14(16)17)4-5-12(11)9-13/h6-7,9-10,15H,1-5,8H2,(H,16,17). The van der Waals surface area contributed by atoms with Crippen molar-refractivity contribution in [1.82, 2.24) is 0 Å². The molecule has 0 saturated carbocycles. The van der Waals surface area contributed by atoms with Crippen LogP contribution in [0.15, 0.2) is 18.2 Å². The van der Waals surface area contributed by atoms with Gasteiger partial charge in [-0.3, -0.25) is 4.79 Å². The fraction of sp³-hybridized carbons (Fsp3) is 0.500. The van der Waals surface area contributed by atoms with E-state index in [2.05, 4.69) is 0 Å². The van der Waals surface area contributed by atoms with Crippen molar-refractivity contribution in [1.29, 1.82) is 0 Å². The summed E-state index contributed by atoms with van der Waals surface area (Å²) in [5, 5.41) is 18.0. The zero-order valence-electron chi connectivity index (χ0n) is 9.85. The van der Waals surface area contributed by atoms with Crippen molar-refractivity contribution in [3.63, 3.8) is 0 Å². The Bertz CT molecular complexity index is 412. The summed E-state index contributed by atoms with van der Waals surface area (Å²) in [5.41, 5.74) is 2.56. The highest BCUT2D eigenvalue weighted by Gasteiger charge is 2.18. The minimum absolute atomic E-state index is 0.277. The number of aliphatic carboxylic acids is 1. The van der Waals surface area contributed by atoms with E-state index < -0.39 is 5.97 Å². The molecule has 17 heavy (non-hydrogen) atoms. The Morgan fingerprint density at radius 3 is 2.94 bits per heavy atom. The SMILES string of the molecule is O=C(O)CCCC1CCc2cc(O)ccc2C1. The highest BCUT2D eigenvalue weighted by Crippen LogP contribution is 2.30. The van der Waals surface area contributed by atoms with Gasteiger partial charge < -0.3 is 10.2 Å². The van der Waals surface area contributed by atoms with E-state index in [0.717, 1.165) is 32.1 Å². The first kappa shape index (κ1) is 12.0. The highest BCUT2D eigenvalue weighted by molar-refractivity contribution is 5.66. The maximum atomic E-state index is 10.4. The molecule has 2 rings (SSSR count). The van der Waals surface area contributed by atoms with E-state index in [1.54, 1.807) is 6.07 Å². The number of phenols is 1. The molecular weight excluding hydrogens is 216 g/mol. The predicted molar refractivity (Wildman–Crippen MR) is 65.1 cm³/mol. The second kappa shape index (κ2) is 5.21. The topological polar surface area (TPSA) is 57.5 Å². The van der Waals surface area contributed by atoms with Gasteiger partial charge in [0.05, 0.1) is 0 Å². The largest absolute Gasteiger partial charge is 0.508 e. The summed E-state index contributed by atoms with van der Waals surface area (Å²) < 4.78 is 0. The van der Waals surface area contributed by atoms with Gasteiger partial charge in [0.15, 0.2) is 0 Å². The van der Waals surface area contributed by atoms with Crippen molar-refractivity contribution >= 4 is 5.97 Å². The van der Waals surface area contributed by atoms with E-state index >= 15 is 0 Å². The summed E-state index contributed by atoms with van der Waals surface area (Å²) in [5.74, 6) is 0.241. The minimum Gasteiger partial charge on any atom is -0.508 e. The summed E-state index contributed by atoms with van der Waals surface area (Å²) in [6, 6.07) is 5.58. The number of hydrogen-bond acceptors (Lipinski definition) is 2. The molecule has 3 heteroatoms. The third-order valence-corrected chi connectivity index (χ3v) is 3.52. The molecule has 2 N–H and O–H groups in total. The molecule has 1 atom stereocenters. The zero-order chi connectivity index (χ0) is 12.3. The third kappa shape index (κ3) is 3.22. The highest BCUT2D eigenvalue weighted by atomic mass is 16.4. The Kier molecular flexibility index (Phi) is 3.67. The van der Waals surface area contributed by atoms with Crippen LogP contribution in [-0.2, 0) is 17.6 Å². The van der Waals surface area contributed by atoms with Gasteiger partial charge in [-0.1, -0.05) is 6.07 Å². The van der Waals surface area contributed by atoms with Crippen molar-refractivity contribution in [2.24, 2.45) is 5.92 Å². The molecule has 0 spiro atoms. The summed E-state index contributed by atoms with van der Waals surface area (Å²) in [4.78, 5) is 10.4. The number of aromatic hydroxyl groups is 1. The average Bonchev–Trinajstić information content (AvgIpc) is 2.29. The van der Waals surface area contributed by atoms with Gasteiger partial charge in [-0.2, -0.15) is 0 Å². The van der Waals surface area contributed by atoms with Gasteiger partial charge in [0.2, 0.25) is 0 Å². The number of fused-ring (bicyclic) bond motifs is 1. The van der Waals surface area contributed by atoms with Crippen LogP contribution in [0.4, 0.5) is 0 Å². The monoisotopic (exact) mass is 234 g/mol. The van der Waals surface area contributed by atoms with Crippen LogP contribution in [0.1, 0.15) is 36.8 Å². The van der Waals surface area contributed by atoms with Crippen molar-refractivity contribution < 1.29 is 15.0 Å². The van der Waals surface area contributed by atoms with Gasteiger partial charge in [0.25, 0.3) is 0 Å². The van der Waals surface area contributed by atoms with E-state index in [9.17, 15) is 9.90 Å². The number of hydrogen-bond donors (Lipinski definition) is 2. The second-order valence-electron chi connectivity index (χ2n) is 4.85. The van der Waals surface area contributed by atoms with Crippen LogP contribution in [0, 0.1) is 5.92 Å². The maximum Gasteiger partial charge on any atom is 0.303 e. The molecule has 3 nitrogen and oxygen atoms in total. The molecule has 1 unspecified atom stereocenters. The van der Waals surface area contributed by atoms with Crippen LogP contribution < -0.4 is 0 Å². The summed E-state index contributed by atoms with van der Waals surface area (Å²) in [6.45, 7) is 0. The molecule has 1 aliphatic carbocycles. The Labute approximate surface area is 101 Å². The average molecular weight is 234 g/mol. The smallest absolute Gasteiger partial charge is 0.303 e. The first-order chi connectivity index (χ1) is 8.15. The zero-order valence-corrected chi connectivity index (χ0v) is 9.85. The number of benzene rings is 1. The number of phenolic OH excluding ortho intramolecular Hbond substituents is 1. The molecule has 1 aliphatic rings. The molecule has 92 valence electrons. The number of carboxylic acid groups (broad SMARTS) is 1. The van der Waals surface area contributed by atoms with E-state index in [1.165, 1.54) is 11.1 Å². The van der Waals surface area contributed by atoms with Crippen molar-refractivity contribution in [2.45, 2.75) is 38.5 Å². The number of rotatable bonds is 4. The van der Waals surface area contributed by atoms with E-state index in [1.807, 2.05) is 12.1 Å². The van der Waals surface area contributed by atoms with Gasteiger partial charge in [-0.15, -0.1) is 0 Å². The Morgan fingerprint density at radius 1 is 1.35 bits per heavy atom. The van der Waals surface area contributed by atoms with E-state index in [-0.39, 0.29) is 6.42 Å². The van der Waals surface area contributed by atoms with Gasteiger partial charge in [-0.05, 0) is 61.3 Å². The Morgan fingerprint density at radius 2 is 2.18 bits per heavy atom. The number of carbonyl (C=O) groups is 1. The molecule has 0 saturated heterocycles. The normalized spacial score (nSPS) is 18.7. The molecule has 0 amide bonds. The lowest BCUT2D eigenvalue weighted by Crippen LogP contribution is -2.14. The van der Waals surface area contributed by atoms with Gasteiger partial charge in [0.1, 0.15) is 5.75 Å². The molecule has 0 fully saturated rings.